The van der Waals surface area contributed by atoms with Gasteiger partial charge in [-0.2, -0.15) is 0 Å². The van der Waals surface area contributed by atoms with E-state index in [0.29, 0.717) is 0 Å². The number of halogens is 1. The fourth-order valence-corrected chi connectivity index (χ4v) is 1.41. The molecule has 0 aromatic carbocycles. The molecule has 0 radical (unpaired) electrons. The van der Waals surface area contributed by atoms with Crippen LogP contribution in [0.3, 0.4) is 0 Å². The molecule has 0 rings (SSSR count). The van der Waals surface area contributed by atoms with Gasteiger partial charge < -0.3 is 0 Å². The van der Waals surface area contributed by atoms with Gasteiger partial charge in [0.05, 0.1) is 0 Å². The number of aliphatic imine (C=N–C) groups is 1. The maximum Gasteiger partial charge on any atom is 0.0450 e. The molecule has 0 N–H and O–H groups in total. The summed E-state index contributed by atoms with van der Waals surface area (Å²) in [5.41, 5.74) is 8.87. The van der Waals surface area contributed by atoms with Gasteiger partial charge in [-0.25, -0.2) is 0 Å². The van der Waals surface area contributed by atoms with E-state index in [1.165, 1.54) is 9.15 Å². The smallest absolute Gasteiger partial charge is 0.0450 e. The van der Waals surface area contributed by atoms with E-state index in [1.54, 1.807) is 7.05 Å². The molecule has 0 aliphatic carbocycles. The molecule has 0 bridgehead atoms. The van der Waals surface area contributed by atoms with Gasteiger partial charge >= 0.3 is 0 Å². The van der Waals surface area contributed by atoms with E-state index in [4.69, 9.17) is 0 Å². The van der Waals surface area contributed by atoms with Gasteiger partial charge in [-0.05, 0) is 55.5 Å². The standard InChI is InChI=1S/C11H14IN/c1-6-7-8(2)9(3)11(12)10(4)13-5/h1H2,2-5H3/b11-9+,13-10?. The third-order valence-electron chi connectivity index (χ3n) is 1.82. The van der Waals surface area contributed by atoms with Crippen LogP contribution in [-0.4, -0.2) is 12.8 Å². The van der Waals surface area contributed by atoms with Crippen LogP contribution < -0.4 is 0 Å². The van der Waals surface area contributed by atoms with E-state index in [2.05, 4.69) is 52.5 Å². The highest BCUT2D eigenvalue weighted by Crippen LogP contribution is 2.19. The minimum absolute atomic E-state index is 1.04. The Balaban J connectivity index is 5.28. The van der Waals surface area contributed by atoms with Gasteiger partial charge in [-0.3, -0.25) is 4.99 Å². The van der Waals surface area contributed by atoms with Crippen molar-refractivity contribution in [1.29, 1.82) is 0 Å². The molecular weight excluding hydrogens is 273 g/mol. The number of allylic oxidation sites excluding steroid dienone is 3. The van der Waals surface area contributed by atoms with Gasteiger partial charge in [0.15, 0.2) is 0 Å². The van der Waals surface area contributed by atoms with Crippen molar-refractivity contribution in [2.24, 2.45) is 4.99 Å². The van der Waals surface area contributed by atoms with Crippen LogP contribution in [0.2, 0.25) is 0 Å². The molecule has 13 heavy (non-hydrogen) atoms. The Kier molecular flexibility index (Phi) is 5.72. The van der Waals surface area contributed by atoms with Crippen molar-refractivity contribution in [1.82, 2.24) is 0 Å². The molecule has 0 heterocycles. The summed E-state index contributed by atoms with van der Waals surface area (Å²) >= 11 is 2.29. The molecule has 0 aliphatic rings. The molecule has 0 saturated carbocycles. The Morgan fingerprint density at radius 3 is 2.23 bits per heavy atom. The number of hydrogen-bond acceptors (Lipinski definition) is 1. The second-order valence-electron chi connectivity index (χ2n) is 2.67. The lowest BCUT2D eigenvalue weighted by atomic mass is 10.1. The zero-order valence-electron chi connectivity index (χ0n) is 8.53. The number of nitrogens with zero attached hydrogens (tertiary/aromatic N) is 1. The van der Waals surface area contributed by atoms with E-state index >= 15 is 0 Å². The third kappa shape index (κ3) is 3.77. The molecule has 70 valence electrons. The second-order valence-corrected chi connectivity index (χ2v) is 3.75. The van der Waals surface area contributed by atoms with Crippen molar-refractivity contribution in [3.8, 4) is 0 Å². The first-order valence-electron chi connectivity index (χ1n) is 3.96. The van der Waals surface area contributed by atoms with E-state index in [-0.39, 0.29) is 0 Å². The van der Waals surface area contributed by atoms with Crippen LogP contribution >= 0.6 is 22.6 Å². The first-order chi connectivity index (χ1) is 6.04. The van der Waals surface area contributed by atoms with E-state index in [0.717, 1.165) is 11.3 Å². The van der Waals surface area contributed by atoms with E-state index in [1.807, 2.05) is 13.8 Å². The van der Waals surface area contributed by atoms with Crippen molar-refractivity contribution in [3.05, 3.63) is 32.8 Å². The van der Waals surface area contributed by atoms with Crippen molar-refractivity contribution in [3.63, 3.8) is 0 Å². The molecule has 0 aromatic heterocycles. The summed E-state index contributed by atoms with van der Waals surface area (Å²) in [6, 6.07) is 0. The summed E-state index contributed by atoms with van der Waals surface area (Å²) in [6.45, 7) is 9.54. The molecule has 0 fully saturated rings. The van der Waals surface area contributed by atoms with Crippen LogP contribution in [-0.2, 0) is 0 Å². The summed E-state index contributed by atoms with van der Waals surface area (Å²) < 4.78 is 1.17. The summed E-state index contributed by atoms with van der Waals surface area (Å²) in [7, 11) is 1.80. The summed E-state index contributed by atoms with van der Waals surface area (Å²) in [6.07, 6.45) is 0. The van der Waals surface area contributed by atoms with Crippen LogP contribution in [0, 0.1) is 0 Å². The molecule has 0 atom stereocenters. The first-order valence-corrected chi connectivity index (χ1v) is 5.04. The lowest BCUT2D eigenvalue weighted by Crippen LogP contribution is -1.94. The van der Waals surface area contributed by atoms with Crippen molar-refractivity contribution >= 4 is 28.3 Å². The van der Waals surface area contributed by atoms with Crippen LogP contribution in [0.25, 0.3) is 0 Å². The van der Waals surface area contributed by atoms with E-state index in [9.17, 15) is 0 Å². The predicted octanol–water partition coefficient (Wildman–Crippen LogP) is 3.67. The summed E-state index contributed by atoms with van der Waals surface area (Å²) in [5.74, 6) is 0. The highest BCUT2D eigenvalue weighted by molar-refractivity contribution is 14.1. The number of rotatable bonds is 2. The zero-order chi connectivity index (χ0) is 10.4. The topological polar surface area (TPSA) is 12.4 Å². The van der Waals surface area contributed by atoms with Gasteiger partial charge in [0.1, 0.15) is 0 Å². The maximum atomic E-state index is 4.13. The van der Waals surface area contributed by atoms with Gasteiger partial charge in [-0.15, -0.1) is 0 Å². The first kappa shape index (κ1) is 12.4. The molecule has 0 aliphatic heterocycles. The molecule has 0 spiro atoms. The monoisotopic (exact) mass is 287 g/mol. The van der Waals surface area contributed by atoms with E-state index < -0.39 is 0 Å². The Morgan fingerprint density at radius 2 is 1.85 bits per heavy atom. The average Bonchev–Trinajstić information content (AvgIpc) is 2.14. The Morgan fingerprint density at radius 1 is 1.31 bits per heavy atom. The zero-order valence-corrected chi connectivity index (χ0v) is 10.7. The highest BCUT2D eigenvalue weighted by Gasteiger charge is 2.02. The Bertz CT molecular complexity index is 335. The number of hydrogen-bond donors (Lipinski definition) is 0. The van der Waals surface area contributed by atoms with Crippen LogP contribution in [0.4, 0.5) is 0 Å². The Labute approximate surface area is 93.8 Å². The lowest BCUT2D eigenvalue weighted by Gasteiger charge is -2.03. The molecule has 0 aromatic rings. The van der Waals surface area contributed by atoms with Crippen molar-refractivity contribution < 1.29 is 0 Å². The minimum atomic E-state index is 1.04. The summed E-state index contributed by atoms with van der Waals surface area (Å²) in [5, 5.41) is 0. The van der Waals surface area contributed by atoms with Gasteiger partial charge in [0.2, 0.25) is 0 Å². The molecule has 0 amide bonds. The molecular formula is C11H14IN. The maximum absolute atomic E-state index is 4.13. The molecule has 0 saturated heterocycles. The largest absolute Gasteiger partial charge is 0.292 e. The second kappa shape index (κ2) is 5.98. The fraction of sp³-hybridized carbons (Fsp3) is 0.364. The van der Waals surface area contributed by atoms with Crippen LogP contribution in [0.5, 0.6) is 0 Å². The van der Waals surface area contributed by atoms with Crippen LogP contribution in [0.15, 0.2) is 37.8 Å². The minimum Gasteiger partial charge on any atom is -0.292 e. The predicted molar refractivity (Wildman–Crippen MR) is 67.6 cm³/mol. The quantitative estimate of drug-likeness (QED) is 0.318. The molecule has 0 unspecified atom stereocenters. The van der Waals surface area contributed by atoms with Crippen molar-refractivity contribution in [2.75, 3.05) is 7.05 Å². The third-order valence-corrected chi connectivity index (χ3v) is 3.41. The SMILES string of the molecule is C=C=C=C(C)/C(C)=C(/I)C(C)=NC. The van der Waals surface area contributed by atoms with Crippen molar-refractivity contribution in [2.45, 2.75) is 20.8 Å². The lowest BCUT2D eigenvalue weighted by molar-refractivity contribution is 1.34. The fourth-order valence-electron chi connectivity index (χ4n) is 0.760. The van der Waals surface area contributed by atoms with Gasteiger partial charge in [0.25, 0.3) is 0 Å². The van der Waals surface area contributed by atoms with Crippen LogP contribution in [0.1, 0.15) is 20.8 Å². The normalized spacial score (nSPS) is 12.8. The van der Waals surface area contributed by atoms with Gasteiger partial charge in [0, 0.05) is 21.9 Å². The van der Waals surface area contributed by atoms with Gasteiger partial charge in [-0.1, -0.05) is 11.5 Å². The highest BCUT2D eigenvalue weighted by atomic mass is 127. The summed E-state index contributed by atoms with van der Waals surface area (Å²) in [4.78, 5) is 4.13. The molecule has 2 heteroatoms. The Hall–Kier alpha value is -0.560. The molecule has 1 nitrogen and oxygen atoms in total. The average molecular weight is 287 g/mol.